The Bertz CT molecular complexity index is 1050. The second-order valence-electron chi connectivity index (χ2n) is 5.17. The Balaban J connectivity index is 1.51. The fourth-order valence-corrected chi connectivity index (χ4v) is 2.98. The highest BCUT2D eigenvalue weighted by Crippen LogP contribution is 2.28. The second kappa shape index (κ2) is 6.92. The molecule has 2 heterocycles. The molecule has 0 unspecified atom stereocenters. The number of para-hydroxylation sites is 1. The molecule has 8 nitrogen and oxygen atoms in total. The van der Waals surface area contributed by atoms with E-state index in [2.05, 4.69) is 25.7 Å². The van der Waals surface area contributed by atoms with Crippen molar-refractivity contribution < 1.29 is 14.0 Å². The van der Waals surface area contributed by atoms with Gasteiger partial charge in [-0.25, -0.2) is 4.39 Å². The quantitative estimate of drug-likeness (QED) is 0.535. The van der Waals surface area contributed by atoms with Crippen molar-refractivity contribution in [1.82, 2.24) is 30.3 Å². The number of nitrogens with zero attached hydrogens (tertiary/aromatic N) is 6. The van der Waals surface area contributed by atoms with Gasteiger partial charge in [0.15, 0.2) is 5.82 Å². The molecule has 0 bridgehead atoms. The third-order valence-electron chi connectivity index (χ3n) is 3.43. The zero-order valence-corrected chi connectivity index (χ0v) is 14.0. The summed E-state index contributed by atoms with van der Waals surface area (Å²) in [6.45, 7) is 0. The van der Waals surface area contributed by atoms with Crippen LogP contribution in [-0.2, 0) is 5.75 Å². The van der Waals surface area contributed by atoms with Crippen molar-refractivity contribution in [1.29, 1.82) is 0 Å². The fraction of sp³-hybridized carbons (Fsp3) is 0.0625. The molecule has 1 N–H and O–H groups in total. The molecule has 0 aliphatic heterocycles. The first-order valence-corrected chi connectivity index (χ1v) is 8.47. The summed E-state index contributed by atoms with van der Waals surface area (Å²) in [6, 6.07) is 12.7. The van der Waals surface area contributed by atoms with Crippen LogP contribution in [0.15, 0.2) is 58.2 Å². The Labute approximate surface area is 150 Å². The molecule has 0 spiro atoms. The maximum atomic E-state index is 13.4. The number of phenolic OH excluding ortho intramolecular Hbond substituents is 1. The van der Waals surface area contributed by atoms with Gasteiger partial charge in [-0.1, -0.05) is 35.1 Å². The van der Waals surface area contributed by atoms with Crippen LogP contribution in [0.2, 0.25) is 0 Å². The van der Waals surface area contributed by atoms with E-state index < -0.39 is 0 Å². The van der Waals surface area contributed by atoms with Crippen molar-refractivity contribution in [2.45, 2.75) is 10.9 Å². The number of thioether (sulfide) groups is 1. The smallest absolute Gasteiger partial charge is 0.261 e. The second-order valence-corrected chi connectivity index (χ2v) is 6.12. The standard InChI is InChI=1S/C16H11FN6O2S/c17-10-4-3-5-11(8-10)23-16(19-21-22-23)26-9-14-18-15(25-20-14)12-6-1-2-7-13(12)24/h1-8,24H,9H2. The summed E-state index contributed by atoms with van der Waals surface area (Å²) in [4.78, 5) is 4.26. The van der Waals surface area contributed by atoms with Crippen molar-refractivity contribution in [3.63, 3.8) is 0 Å². The van der Waals surface area contributed by atoms with Gasteiger partial charge in [-0.15, -0.1) is 5.10 Å². The molecule has 0 aliphatic rings. The van der Waals surface area contributed by atoms with Crippen molar-refractivity contribution in [3.05, 3.63) is 60.2 Å². The summed E-state index contributed by atoms with van der Waals surface area (Å²) in [5.74, 6) is 0.669. The van der Waals surface area contributed by atoms with Gasteiger partial charge >= 0.3 is 0 Å². The van der Waals surface area contributed by atoms with Crippen LogP contribution in [0.3, 0.4) is 0 Å². The van der Waals surface area contributed by atoms with Crippen molar-refractivity contribution in [2.24, 2.45) is 0 Å². The molecule has 0 amide bonds. The molecule has 0 fully saturated rings. The van der Waals surface area contributed by atoms with Crippen LogP contribution < -0.4 is 0 Å². The normalized spacial score (nSPS) is 11.0. The number of benzene rings is 2. The van der Waals surface area contributed by atoms with Crippen LogP contribution in [-0.4, -0.2) is 35.5 Å². The number of aromatic nitrogens is 6. The number of hydrogen-bond acceptors (Lipinski definition) is 8. The zero-order chi connectivity index (χ0) is 17.9. The number of phenols is 1. The maximum Gasteiger partial charge on any atom is 0.261 e. The number of aromatic hydroxyl groups is 1. The van der Waals surface area contributed by atoms with Crippen LogP contribution in [0.4, 0.5) is 4.39 Å². The highest BCUT2D eigenvalue weighted by atomic mass is 32.2. The highest BCUT2D eigenvalue weighted by molar-refractivity contribution is 7.98. The summed E-state index contributed by atoms with van der Waals surface area (Å²) in [7, 11) is 0. The Morgan fingerprint density at radius 1 is 1.15 bits per heavy atom. The van der Waals surface area contributed by atoms with Gasteiger partial charge in [-0.2, -0.15) is 9.67 Å². The first-order chi connectivity index (χ1) is 12.7. The van der Waals surface area contributed by atoms with Gasteiger partial charge in [-0.3, -0.25) is 0 Å². The number of tetrazole rings is 1. The van der Waals surface area contributed by atoms with Crippen LogP contribution in [0, 0.1) is 5.82 Å². The molecule has 4 rings (SSSR count). The molecule has 0 saturated heterocycles. The monoisotopic (exact) mass is 370 g/mol. The number of rotatable bonds is 5. The van der Waals surface area contributed by atoms with Crippen LogP contribution >= 0.6 is 11.8 Å². The molecule has 0 atom stereocenters. The largest absolute Gasteiger partial charge is 0.507 e. The molecule has 10 heteroatoms. The molecule has 0 aliphatic carbocycles. The summed E-state index contributed by atoms with van der Waals surface area (Å²) in [6.07, 6.45) is 0. The topological polar surface area (TPSA) is 103 Å². The Hall–Kier alpha value is -3.27. The predicted molar refractivity (Wildman–Crippen MR) is 90.1 cm³/mol. The molecule has 0 saturated carbocycles. The van der Waals surface area contributed by atoms with E-state index >= 15 is 0 Å². The minimum absolute atomic E-state index is 0.0606. The maximum absolute atomic E-state index is 13.4. The molecule has 4 aromatic rings. The lowest BCUT2D eigenvalue weighted by molar-refractivity contribution is 0.419. The summed E-state index contributed by atoms with van der Waals surface area (Å²) >= 11 is 1.28. The Morgan fingerprint density at radius 2 is 2.04 bits per heavy atom. The summed E-state index contributed by atoms with van der Waals surface area (Å²) in [5.41, 5.74) is 0.973. The lowest BCUT2D eigenvalue weighted by Gasteiger charge is -2.02. The predicted octanol–water partition coefficient (Wildman–Crippen LogP) is 2.85. The molecule has 130 valence electrons. The summed E-state index contributed by atoms with van der Waals surface area (Å²) < 4.78 is 20.0. The van der Waals surface area contributed by atoms with Gasteiger partial charge in [0.1, 0.15) is 11.6 Å². The Morgan fingerprint density at radius 3 is 2.88 bits per heavy atom. The zero-order valence-electron chi connectivity index (χ0n) is 13.2. The molecular weight excluding hydrogens is 359 g/mol. The van der Waals surface area contributed by atoms with E-state index in [1.807, 2.05) is 0 Å². The van der Waals surface area contributed by atoms with Gasteiger partial charge in [0.05, 0.1) is 17.0 Å². The minimum Gasteiger partial charge on any atom is -0.507 e. The van der Waals surface area contributed by atoms with E-state index in [0.29, 0.717) is 28.0 Å². The van der Waals surface area contributed by atoms with Gasteiger partial charge in [0.25, 0.3) is 5.89 Å². The van der Waals surface area contributed by atoms with Crippen LogP contribution in [0.1, 0.15) is 5.82 Å². The van der Waals surface area contributed by atoms with Crippen LogP contribution in [0.5, 0.6) is 5.75 Å². The number of hydrogen-bond donors (Lipinski definition) is 1. The molecule has 0 radical (unpaired) electrons. The number of halogens is 1. The van der Waals surface area contributed by atoms with E-state index in [9.17, 15) is 9.50 Å². The average Bonchev–Trinajstić information content (AvgIpc) is 3.30. The molecular formula is C16H11FN6O2S. The van der Waals surface area contributed by atoms with Gasteiger partial charge in [0.2, 0.25) is 5.16 Å². The first-order valence-electron chi connectivity index (χ1n) is 7.49. The van der Waals surface area contributed by atoms with Crippen molar-refractivity contribution in [3.8, 4) is 22.9 Å². The lowest BCUT2D eigenvalue weighted by Crippen LogP contribution is -1.99. The third-order valence-corrected chi connectivity index (χ3v) is 4.34. The minimum atomic E-state index is -0.376. The highest BCUT2D eigenvalue weighted by Gasteiger charge is 2.15. The molecule has 26 heavy (non-hydrogen) atoms. The van der Waals surface area contributed by atoms with Gasteiger partial charge < -0.3 is 9.63 Å². The Kier molecular flexibility index (Phi) is 4.32. The van der Waals surface area contributed by atoms with E-state index in [1.54, 1.807) is 36.4 Å². The van der Waals surface area contributed by atoms with Gasteiger partial charge in [-0.05, 0) is 40.8 Å². The third kappa shape index (κ3) is 3.26. The van der Waals surface area contributed by atoms with Crippen molar-refractivity contribution >= 4 is 11.8 Å². The van der Waals surface area contributed by atoms with Crippen molar-refractivity contribution in [2.75, 3.05) is 0 Å². The molecule has 2 aromatic carbocycles. The molecule has 2 aromatic heterocycles. The van der Waals surface area contributed by atoms with E-state index in [0.717, 1.165) is 0 Å². The van der Waals surface area contributed by atoms with E-state index in [4.69, 9.17) is 4.52 Å². The SMILES string of the molecule is Oc1ccccc1-c1nc(CSc2nnnn2-c2cccc(F)c2)no1. The van der Waals surface area contributed by atoms with Crippen LogP contribution in [0.25, 0.3) is 17.1 Å². The van der Waals surface area contributed by atoms with E-state index in [-0.39, 0.29) is 17.5 Å². The first kappa shape index (κ1) is 16.2. The van der Waals surface area contributed by atoms with Gasteiger partial charge in [0, 0.05) is 0 Å². The fourth-order valence-electron chi connectivity index (χ4n) is 2.24. The van der Waals surface area contributed by atoms with E-state index in [1.165, 1.54) is 28.6 Å². The lowest BCUT2D eigenvalue weighted by atomic mass is 10.2. The average molecular weight is 370 g/mol. The summed E-state index contributed by atoms with van der Waals surface area (Å²) in [5, 5.41) is 25.6.